The van der Waals surface area contributed by atoms with Gasteiger partial charge in [-0.2, -0.15) is 0 Å². The van der Waals surface area contributed by atoms with Gasteiger partial charge >= 0.3 is 6.09 Å². The number of benzene rings is 1. The molecule has 1 aliphatic heterocycles. The highest BCUT2D eigenvalue weighted by Gasteiger charge is 2.30. The molecule has 1 fully saturated rings. The first kappa shape index (κ1) is 25.3. The van der Waals surface area contributed by atoms with E-state index in [0.717, 1.165) is 16.7 Å². The summed E-state index contributed by atoms with van der Waals surface area (Å²) in [6, 6.07) is 5.70. The zero-order valence-corrected chi connectivity index (χ0v) is 21.2. The van der Waals surface area contributed by atoms with Gasteiger partial charge in [0.25, 0.3) is 11.5 Å². The van der Waals surface area contributed by atoms with Crippen LogP contribution >= 0.6 is 0 Å². The third-order valence-corrected chi connectivity index (χ3v) is 5.91. The average molecular weight is 470 g/mol. The Morgan fingerprint density at radius 2 is 1.62 bits per heavy atom. The third kappa shape index (κ3) is 5.43. The molecule has 0 saturated carbocycles. The molecule has 0 unspecified atom stereocenters. The second kappa shape index (κ2) is 9.91. The van der Waals surface area contributed by atoms with E-state index in [-0.39, 0.29) is 17.6 Å². The molecule has 0 atom stereocenters. The minimum Gasteiger partial charge on any atom is -0.496 e. The van der Waals surface area contributed by atoms with E-state index in [9.17, 15) is 14.4 Å². The van der Waals surface area contributed by atoms with Gasteiger partial charge in [-0.25, -0.2) is 4.79 Å². The number of hydrogen-bond acceptors (Lipinski definition) is 5. The molecule has 1 saturated heterocycles. The van der Waals surface area contributed by atoms with Crippen molar-refractivity contribution in [1.82, 2.24) is 14.4 Å². The van der Waals surface area contributed by atoms with Crippen molar-refractivity contribution in [2.75, 3.05) is 33.3 Å². The first-order valence-electron chi connectivity index (χ1n) is 11.6. The monoisotopic (exact) mass is 469 g/mol. The van der Waals surface area contributed by atoms with Gasteiger partial charge in [-0.3, -0.25) is 9.59 Å². The standard InChI is InChI=1S/C26H35N3O5/c1-8-18-14-19(20-13-17(2)23(30)27(6)16-20)15-21(33-7)22(18)24(31)28-9-11-29(12-10-28)25(32)34-26(3,4)5/h13-16H,8-12H2,1-7H3. The number of ether oxygens (including phenoxy) is 2. The number of carbonyl (C=O) groups excluding carboxylic acids is 2. The van der Waals surface area contributed by atoms with Crippen molar-refractivity contribution in [2.24, 2.45) is 7.05 Å². The minimum atomic E-state index is -0.557. The number of nitrogens with zero attached hydrogens (tertiary/aromatic N) is 3. The van der Waals surface area contributed by atoms with Crippen LogP contribution in [0.1, 0.15) is 49.2 Å². The minimum absolute atomic E-state index is 0.0382. The van der Waals surface area contributed by atoms with Gasteiger partial charge in [0.2, 0.25) is 0 Å². The normalized spacial score (nSPS) is 14.2. The van der Waals surface area contributed by atoms with Gasteiger partial charge in [0.15, 0.2) is 0 Å². The lowest BCUT2D eigenvalue weighted by atomic mass is 9.95. The van der Waals surface area contributed by atoms with Crippen LogP contribution in [0.4, 0.5) is 4.79 Å². The summed E-state index contributed by atoms with van der Waals surface area (Å²) in [7, 11) is 3.29. The number of carbonyl (C=O) groups is 2. The number of hydrogen-bond donors (Lipinski definition) is 0. The van der Waals surface area contributed by atoms with Gasteiger partial charge in [0.05, 0.1) is 12.7 Å². The van der Waals surface area contributed by atoms with E-state index >= 15 is 0 Å². The molecule has 0 spiro atoms. The van der Waals surface area contributed by atoms with Gasteiger partial charge < -0.3 is 23.8 Å². The molecule has 34 heavy (non-hydrogen) atoms. The van der Waals surface area contributed by atoms with E-state index in [4.69, 9.17) is 9.47 Å². The molecule has 0 radical (unpaired) electrons. The highest BCUT2D eigenvalue weighted by molar-refractivity contribution is 5.99. The first-order valence-corrected chi connectivity index (χ1v) is 11.6. The zero-order chi connectivity index (χ0) is 25.2. The predicted molar refractivity (Wildman–Crippen MR) is 131 cm³/mol. The maximum atomic E-state index is 13.5. The van der Waals surface area contributed by atoms with Crippen molar-refractivity contribution in [2.45, 2.75) is 46.6 Å². The molecule has 8 heteroatoms. The summed E-state index contributed by atoms with van der Waals surface area (Å²) < 4.78 is 12.7. The Hall–Kier alpha value is -3.29. The summed E-state index contributed by atoms with van der Waals surface area (Å²) >= 11 is 0. The summed E-state index contributed by atoms with van der Waals surface area (Å²) in [5, 5.41) is 0. The highest BCUT2D eigenvalue weighted by atomic mass is 16.6. The van der Waals surface area contributed by atoms with Gasteiger partial charge in [-0.1, -0.05) is 13.0 Å². The molecule has 0 aliphatic carbocycles. The van der Waals surface area contributed by atoms with Gasteiger partial charge in [0.1, 0.15) is 11.4 Å². The SMILES string of the molecule is CCc1cc(-c2cc(C)c(=O)n(C)c2)cc(OC)c1C(=O)N1CCN(C(=O)OC(C)(C)C)CC1. The van der Waals surface area contributed by atoms with Crippen LogP contribution in [-0.4, -0.2) is 65.3 Å². The molecule has 1 aliphatic rings. The Morgan fingerprint density at radius 1 is 1.00 bits per heavy atom. The van der Waals surface area contributed by atoms with Gasteiger partial charge in [0, 0.05) is 45.0 Å². The van der Waals surface area contributed by atoms with E-state index in [1.807, 2.05) is 45.9 Å². The fraction of sp³-hybridized carbons (Fsp3) is 0.500. The lowest BCUT2D eigenvalue weighted by molar-refractivity contribution is 0.0140. The Kier molecular flexibility index (Phi) is 7.38. The number of methoxy groups -OCH3 is 1. The van der Waals surface area contributed by atoms with E-state index < -0.39 is 5.60 Å². The van der Waals surface area contributed by atoms with Gasteiger partial charge in [-0.05, 0) is 62.9 Å². The van der Waals surface area contributed by atoms with Crippen molar-refractivity contribution in [1.29, 1.82) is 0 Å². The summed E-state index contributed by atoms with van der Waals surface area (Å²) in [4.78, 5) is 41.4. The van der Waals surface area contributed by atoms with Crippen molar-refractivity contribution < 1.29 is 19.1 Å². The quantitative estimate of drug-likeness (QED) is 0.683. The molecule has 0 bridgehead atoms. The molecule has 2 heterocycles. The average Bonchev–Trinajstić information content (AvgIpc) is 2.79. The van der Waals surface area contributed by atoms with Crippen LogP contribution in [0.3, 0.4) is 0 Å². The van der Waals surface area contributed by atoms with Crippen LogP contribution < -0.4 is 10.3 Å². The van der Waals surface area contributed by atoms with E-state index in [0.29, 0.717) is 49.5 Å². The van der Waals surface area contributed by atoms with Crippen molar-refractivity contribution >= 4 is 12.0 Å². The molecule has 2 amide bonds. The fourth-order valence-corrected chi connectivity index (χ4v) is 4.13. The number of rotatable bonds is 4. The number of pyridine rings is 1. The molecule has 0 N–H and O–H groups in total. The molecule has 1 aromatic heterocycles. The highest BCUT2D eigenvalue weighted by Crippen LogP contribution is 2.32. The van der Waals surface area contributed by atoms with Crippen molar-refractivity contribution in [3.63, 3.8) is 0 Å². The Labute approximate surface area is 201 Å². The molecule has 2 aromatic rings. The number of amides is 2. The maximum absolute atomic E-state index is 13.5. The molecular weight excluding hydrogens is 434 g/mol. The lowest BCUT2D eigenvalue weighted by Crippen LogP contribution is -2.51. The Balaban J connectivity index is 1.86. The summed E-state index contributed by atoms with van der Waals surface area (Å²) in [5.41, 5.74) is 3.25. The molecule has 8 nitrogen and oxygen atoms in total. The predicted octanol–water partition coefficient (Wildman–Crippen LogP) is 3.62. The zero-order valence-electron chi connectivity index (χ0n) is 21.2. The van der Waals surface area contributed by atoms with Crippen LogP contribution in [0.15, 0.2) is 29.2 Å². The third-order valence-electron chi connectivity index (χ3n) is 5.91. The van der Waals surface area contributed by atoms with Crippen LogP contribution in [0.2, 0.25) is 0 Å². The topological polar surface area (TPSA) is 81.1 Å². The smallest absolute Gasteiger partial charge is 0.410 e. The summed E-state index contributed by atoms with van der Waals surface area (Å²) in [5.74, 6) is 0.390. The molecule has 3 rings (SSSR count). The lowest BCUT2D eigenvalue weighted by Gasteiger charge is -2.36. The Morgan fingerprint density at radius 3 is 2.15 bits per heavy atom. The van der Waals surface area contributed by atoms with Crippen molar-refractivity contribution in [3.05, 3.63) is 51.4 Å². The van der Waals surface area contributed by atoms with Gasteiger partial charge in [-0.15, -0.1) is 0 Å². The van der Waals surface area contributed by atoms with E-state index in [1.165, 1.54) is 0 Å². The number of aryl methyl sites for hydroxylation is 3. The Bertz CT molecular complexity index is 1090. The maximum Gasteiger partial charge on any atom is 0.410 e. The second-order valence-electron chi connectivity index (χ2n) is 9.65. The van der Waals surface area contributed by atoms with Crippen molar-refractivity contribution in [3.8, 4) is 16.9 Å². The summed E-state index contributed by atoms with van der Waals surface area (Å²) in [6.07, 6.45) is 2.08. The first-order chi connectivity index (χ1) is 15.9. The summed E-state index contributed by atoms with van der Waals surface area (Å²) in [6.45, 7) is 11.0. The fourth-order valence-electron chi connectivity index (χ4n) is 4.13. The van der Waals surface area contributed by atoms with Crippen LogP contribution in [0.25, 0.3) is 11.1 Å². The van der Waals surface area contributed by atoms with Crippen LogP contribution in [0, 0.1) is 6.92 Å². The second-order valence-corrected chi connectivity index (χ2v) is 9.65. The molecule has 1 aromatic carbocycles. The number of piperazine rings is 1. The largest absolute Gasteiger partial charge is 0.496 e. The molecule has 184 valence electrons. The van der Waals surface area contributed by atoms with E-state index in [1.54, 1.807) is 41.6 Å². The van der Waals surface area contributed by atoms with E-state index in [2.05, 4.69) is 0 Å². The number of aromatic nitrogens is 1. The molecular formula is C26H35N3O5. The van der Waals surface area contributed by atoms with Crippen LogP contribution in [0.5, 0.6) is 5.75 Å². The van der Waals surface area contributed by atoms with Crippen LogP contribution in [-0.2, 0) is 18.2 Å².